The fourth-order valence-electron chi connectivity index (χ4n) is 3.16. The highest BCUT2D eigenvalue weighted by Gasteiger charge is 2.53. The first kappa shape index (κ1) is 19.2. The summed E-state index contributed by atoms with van der Waals surface area (Å²) >= 11 is 12.1. The molecule has 1 fully saturated rings. The van der Waals surface area contributed by atoms with E-state index < -0.39 is 29.7 Å². The van der Waals surface area contributed by atoms with Gasteiger partial charge in [-0.25, -0.2) is 0 Å². The fourth-order valence-corrected chi connectivity index (χ4v) is 3.67. The number of carbonyl (C=O) groups is 1. The maximum absolute atomic E-state index is 13.0. The zero-order valence-electron chi connectivity index (χ0n) is 13.8. The molecule has 0 bridgehead atoms. The Morgan fingerprint density at radius 3 is 2.04 bits per heavy atom. The number of alkyl halides is 3. The van der Waals surface area contributed by atoms with Crippen LogP contribution in [0, 0.1) is 5.41 Å². The molecule has 0 spiro atoms. The van der Waals surface area contributed by atoms with Crippen LogP contribution in [0.2, 0.25) is 10.0 Å². The highest BCUT2D eigenvalue weighted by atomic mass is 35.5. The third-order valence-electron chi connectivity index (χ3n) is 3.93. The summed E-state index contributed by atoms with van der Waals surface area (Å²) in [5.41, 5.74) is -0.0164. The van der Waals surface area contributed by atoms with Gasteiger partial charge in [0.15, 0.2) is 0 Å². The molecule has 1 aromatic rings. The Morgan fingerprint density at radius 1 is 1.12 bits per heavy atom. The Kier molecular flexibility index (Phi) is 5.04. The molecule has 3 nitrogen and oxygen atoms in total. The summed E-state index contributed by atoms with van der Waals surface area (Å²) in [7, 11) is 0. The second-order valence-corrected chi connectivity index (χ2v) is 7.95. The first-order valence-electron chi connectivity index (χ1n) is 7.44. The van der Waals surface area contributed by atoms with Crippen LogP contribution in [0.15, 0.2) is 18.2 Å². The number of halogens is 5. The molecule has 2 rings (SSSR count). The Labute approximate surface area is 149 Å². The van der Waals surface area contributed by atoms with E-state index in [0.717, 1.165) is 4.90 Å². The molecule has 1 heterocycles. The zero-order valence-corrected chi connectivity index (χ0v) is 15.3. The molecule has 134 valence electrons. The predicted octanol–water partition coefficient (Wildman–Crippen LogP) is 4.97. The van der Waals surface area contributed by atoms with Crippen molar-refractivity contribution in [3.63, 3.8) is 0 Å². The molecule has 0 aliphatic carbocycles. The van der Waals surface area contributed by atoms with Crippen LogP contribution in [0.1, 0.15) is 27.7 Å². The number of amides is 1. The van der Waals surface area contributed by atoms with Crippen LogP contribution in [-0.4, -0.2) is 35.7 Å². The number of hydrogen-bond donors (Lipinski definition) is 0. The Bertz CT molecular complexity index is 623. The lowest BCUT2D eigenvalue weighted by Crippen LogP contribution is -2.54. The maximum atomic E-state index is 13.0. The van der Waals surface area contributed by atoms with Crippen LogP contribution in [0.3, 0.4) is 0 Å². The third kappa shape index (κ3) is 3.75. The Hall–Kier alpha value is -1.14. The normalized spacial score (nSPS) is 22.2. The quantitative estimate of drug-likeness (QED) is 0.684. The van der Waals surface area contributed by atoms with Gasteiger partial charge >= 0.3 is 12.1 Å². The Morgan fingerprint density at radius 2 is 1.62 bits per heavy atom. The standard InChI is InChI=1S/C16H19Cl2F3N2O/c1-9-8-22(12-6-10(17)5-11(18)7-12)13(15(2,3)4)23(9)14(24)16(19,20)21/h5-7,9,13H,8H2,1-4H3/t9-,13?/m0/s1. The van der Waals surface area contributed by atoms with Crippen LogP contribution >= 0.6 is 23.2 Å². The summed E-state index contributed by atoms with van der Waals surface area (Å²) in [6.07, 6.45) is -5.68. The SMILES string of the molecule is C[C@H]1CN(c2cc(Cl)cc(Cl)c2)C(C(C)(C)C)N1C(=O)C(F)(F)F. The Balaban J connectivity index is 2.51. The average molecular weight is 383 g/mol. The maximum Gasteiger partial charge on any atom is 0.471 e. The molecule has 0 N–H and O–H groups in total. The molecule has 1 aromatic carbocycles. The molecule has 1 aliphatic heterocycles. The van der Waals surface area contributed by atoms with E-state index in [9.17, 15) is 18.0 Å². The lowest BCUT2D eigenvalue weighted by molar-refractivity contribution is -0.189. The first-order valence-corrected chi connectivity index (χ1v) is 8.20. The third-order valence-corrected chi connectivity index (χ3v) is 4.36. The van der Waals surface area contributed by atoms with E-state index in [1.807, 2.05) is 0 Å². The lowest BCUT2D eigenvalue weighted by Gasteiger charge is -2.41. The smallest absolute Gasteiger partial charge is 0.348 e. The van der Waals surface area contributed by atoms with Crippen molar-refractivity contribution in [2.75, 3.05) is 11.4 Å². The molecular formula is C16H19Cl2F3N2O. The van der Waals surface area contributed by atoms with Gasteiger partial charge in [-0.05, 0) is 25.1 Å². The van der Waals surface area contributed by atoms with Gasteiger partial charge < -0.3 is 9.80 Å². The summed E-state index contributed by atoms with van der Waals surface area (Å²) < 4.78 is 39.1. The molecule has 2 atom stereocenters. The highest BCUT2D eigenvalue weighted by Crippen LogP contribution is 2.40. The van der Waals surface area contributed by atoms with Gasteiger partial charge in [-0.1, -0.05) is 44.0 Å². The number of nitrogens with zero attached hydrogens (tertiary/aromatic N) is 2. The molecule has 1 aliphatic rings. The van der Waals surface area contributed by atoms with Gasteiger partial charge in [-0.15, -0.1) is 0 Å². The topological polar surface area (TPSA) is 23.6 Å². The van der Waals surface area contributed by atoms with Crippen LogP contribution < -0.4 is 4.90 Å². The van der Waals surface area contributed by atoms with Crippen molar-refractivity contribution in [3.05, 3.63) is 28.2 Å². The van der Waals surface area contributed by atoms with Gasteiger partial charge in [0.2, 0.25) is 0 Å². The summed E-state index contributed by atoms with van der Waals surface area (Å²) in [6.45, 7) is 7.26. The van der Waals surface area contributed by atoms with Crippen LogP contribution in [0.4, 0.5) is 18.9 Å². The van der Waals surface area contributed by atoms with E-state index in [4.69, 9.17) is 23.2 Å². The van der Waals surface area contributed by atoms with Gasteiger partial charge in [0.1, 0.15) is 6.17 Å². The lowest BCUT2D eigenvalue weighted by atomic mass is 9.90. The van der Waals surface area contributed by atoms with E-state index >= 15 is 0 Å². The molecule has 8 heteroatoms. The van der Waals surface area contributed by atoms with Crippen molar-refractivity contribution in [1.29, 1.82) is 0 Å². The summed E-state index contributed by atoms with van der Waals surface area (Å²) in [6, 6.07) is 4.23. The van der Waals surface area contributed by atoms with Crippen LogP contribution in [0.25, 0.3) is 0 Å². The molecule has 0 radical (unpaired) electrons. The van der Waals surface area contributed by atoms with Crippen LogP contribution in [-0.2, 0) is 4.79 Å². The molecular weight excluding hydrogens is 364 g/mol. The van der Waals surface area contributed by atoms with Crippen molar-refractivity contribution >= 4 is 34.8 Å². The predicted molar refractivity (Wildman–Crippen MR) is 89.4 cm³/mol. The molecule has 1 amide bonds. The molecule has 1 saturated heterocycles. The number of benzene rings is 1. The molecule has 1 unspecified atom stereocenters. The van der Waals surface area contributed by atoms with Crippen molar-refractivity contribution in [1.82, 2.24) is 4.90 Å². The molecule has 0 saturated carbocycles. The van der Waals surface area contributed by atoms with E-state index in [-0.39, 0.29) is 6.54 Å². The second kappa shape index (κ2) is 6.30. The summed E-state index contributed by atoms with van der Waals surface area (Å²) in [5, 5.41) is 0.775. The van der Waals surface area contributed by atoms with Crippen molar-refractivity contribution < 1.29 is 18.0 Å². The monoisotopic (exact) mass is 382 g/mol. The van der Waals surface area contributed by atoms with Gasteiger partial charge in [0, 0.05) is 33.7 Å². The van der Waals surface area contributed by atoms with E-state index in [1.54, 1.807) is 50.8 Å². The number of hydrogen-bond acceptors (Lipinski definition) is 2. The number of rotatable bonds is 1. The van der Waals surface area contributed by atoms with Crippen LogP contribution in [0.5, 0.6) is 0 Å². The van der Waals surface area contributed by atoms with Crippen molar-refractivity contribution in [3.8, 4) is 0 Å². The minimum absolute atomic E-state index is 0.264. The molecule has 0 aromatic heterocycles. The van der Waals surface area contributed by atoms with Crippen molar-refractivity contribution in [2.24, 2.45) is 5.41 Å². The molecule has 24 heavy (non-hydrogen) atoms. The number of anilines is 1. The van der Waals surface area contributed by atoms with E-state index in [0.29, 0.717) is 15.7 Å². The van der Waals surface area contributed by atoms with Gasteiger partial charge in [-0.2, -0.15) is 13.2 Å². The van der Waals surface area contributed by atoms with E-state index in [1.165, 1.54) is 0 Å². The highest BCUT2D eigenvalue weighted by molar-refractivity contribution is 6.35. The number of carbonyl (C=O) groups excluding carboxylic acids is 1. The first-order chi connectivity index (χ1) is 10.8. The fraction of sp³-hybridized carbons (Fsp3) is 0.562. The van der Waals surface area contributed by atoms with Gasteiger partial charge in [0.25, 0.3) is 0 Å². The van der Waals surface area contributed by atoms with Crippen molar-refractivity contribution in [2.45, 2.75) is 46.1 Å². The minimum atomic E-state index is -4.92. The second-order valence-electron chi connectivity index (χ2n) is 7.08. The summed E-state index contributed by atoms with van der Waals surface area (Å²) in [4.78, 5) is 14.6. The van der Waals surface area contributed by atoms with Gasteiger partial charge in [-0.3, -0.25) is 4.79 Å². The average Bonchev–Trinajstić information content (AvgIpc) is 2.73. The minimum Gasteiger partial charge on any atom is -0.348 e. The van der Waals surface area contributed by atoms with E-state index in [2.05, 4.69) is 0 Å². The zero-order chi connectivity index (χ0) is 18.4. The largest absolute Gasteiger partial charge is 0.471 e. The van der Waals surface area contributed by atoms with Gasteiger partial charge in [0.05, 0.1) is 0 Å². The summed E-state index contributed by atoms with van der Waals surface area (Å²) in [5.74, 6) is -1.83.